The molecule has 0 saturated carbocycles. The Hall–Kier alpha value is -3.29. The minimum absolute atomic E-state index is 0.0772. The Morgan fingerprint density at radius 3 is 2.83 bits per heavy atom. The highest BCUT2D eigenvalue weighted by atomic mass is 19.1. The average Bonchev–Trinajstić information content (AvgIpc) is 3.24. The largest absolute Gasteiger partial charge is 0.493 e. The van der Waals surface area contributed by atoms with Crippen molar-refractivity contribution in [2.75, 3.05) is 13.2 Å². The van der Waals surface area contributed by atoms with Gasteiger partial charge in [-0.3, -0.25) is 9.78 Å². The number of likely N-dealkylation sites (tertiary alicyclic amines) is 1. The fraction of sp³-hybridized carbons (Fsp3) is 0.364. The van der Waals surface area contributed by atoms with E-state index in [0.717, 1.165) is 25.0 Å². The molecule has 1 aromatic carbocycles. The highest BCUT2D eigenvalue weighted by molar-refractivity contribution is 5.94. The second-order valence-corrected chi connectivity index (χ2v) is 7.30. The van der Waals surface area contributed by atoms with E-state index in [9.17, 15) is 9.18 Å². The Kier molecular flexibility index (Phi) is 6.02. The highest BCUT2D eigenvalue weighted by Crippen LogP contribution is 2.31. The molecule has 3 aromatic rings. The molecule has 7 nitrogen and oxygen atoms in total. The molecule has 0 spiro atoms. The van der Waals surface area contributed by atoms with Gasteiger partial charge in [0.25, 0.3) is 5.91 Å². The van der Waals surface area contributed by atoms with Gasteiger partial charge < -0.3 is 14.2 Å². The van der Waals surface area contributed by atoms with Crippen LogP contribution in [-0.2, 0) is 6.42 Å². The molecule has 4 rings (SSSR count). The van der Waals surface area contributed by atoms with E-state index in [-0.39, 0.29) is 17.8 Å². The van der Waals surface area contributed by atoms with Crippen molar-refractivity contribution in [2.24, 2.45) is 0 Å². The molecule has 3 heterocycles. The van der Waals surface area contributed by atoms with Crippen LogP contribution in [0.4, 0.5) is 4.39 Å². The smallest absolute Gasteiger partial charge is 0.256 e. The van der Waals surface area contributed by atoms with Gasteiger partial charge in [-0.15, -0.1) is 0 Å². The molecular weight excluding hydrogens is 387 g/mol. The number of rotatable bonds is 6. The molecule has 1 amide bonds. The molecule has 0 aliphatic carbocycles. The molecule has 30 heavy (non-hydrogen) atoms. The third-order valence-electron chi connectivity index (χ3n) is 5.10. The van der Waals surface area contributed by atoms with Gasteiger partial charge in [0.1, 0.15) is 17.6 Å². The monoisotopic (exact) mass is 410 g/mol. The van der Waals surface area contributed by atoms with Crippen molar-refractivity contribution in [2.45, 2.75) is 38.6 Å². The third-order valence-corrected chi connectivity index (χ3v) is 5.10. The van der Waals surface area contributed by atoms with Gasteiger partial charge in [0.2, 0.25) is 5.89 Å². The Bertz CT molecular complexity index is 988. The average molecular weight is 410 g/mol. The lowest BCUT2D eigenvalue weighted by Crippen LogP contribution is -2.38. The summed E-state index contributed by atoms with van der Waals surface area (Å²) in [6, 6.07) is 9.22. The molecule has 8 heteroatoms. The lowest BCUT2D eigenvalue weighted by molar-refractivity contribution is 0.0561. The van der Waals surface area contributed by atoms with Crippen molar-refractivity contribution >= 4 is 5.91 Å². The number of nitrogens with zero attached hydrogens (tertiary/aromatic N) is 4. The van der Waals surface area contributed by atoms with E-state index in [1.807, 2.05) is 13.0 Å². The van der Waals surface area contributed by atoms with Crippen molar-refractivity contribution in [1.29, 1.82) is 0 Å². The predicted octanol–water partition coefficient (Wildman–Crippen LogP) is 3.90. The number of hydrogen-bond donors (Lipinski definition) is 0. The van der Waals surface area contributed by atoms with Gasteiger partial charge in [0.15, 0.2) is 5.82 Å². The quantitative estimate of drug-likeness (QED) is 0.613. The van der Waals surface area contributed by atoms with Crippen LogP contribution < -0.4 is 4.74 Å². The Labute approximate surface area is 173 Å². The lowest BCUT2D eigenvalue weighted by atomic mass is 10.0. The molecule has 0 N–H and O–H groups in total. The molecule has 1 aliphatic heterocycles. The molecule has 1 fully saturated rings. The number of hydrogen-bond acceptors (Lipinski definition) is 6. The van der Waals surface area contributed by atoms with E-state index >= 15 is 0 Å². The molecule has 1 aliphatic rings. The van der Waals surface area contributed by atoms with E-state index in [2.05, 4.69) is 15.1 Å². The number of ether oxygens (including phenoxy) is 1. The van der Waals surface area contributed by atoms with Crippen molar-refractivity contribution < 1.29 is 18.4 Å². The van der Waals surface area contributed by atoms with E-state index in [4.69, 9.17) is 9.26 Å². The topological polar surface area (TPSA) is 81.4 Å². The molecule has 1 unspecified atom stereocenters. The van der Waals surface area contributed by atoms with E-state index < -0.39 is 0 Å². The summed E-state index contributed by atoms with van der Waals surface area (Å²) in [4.78, 5) is 23.5. The van der Waals surface area contributed by atoms with Gasteiger partial charge >= 0.3 is 0 Å². The Morgan fingerprint density at radius 2 is 2.07 bits per heavy atom. The van der Waals surface area contributed by atoms with Crippen LogP contribution in [0.25, 0.3) is 0 Å². The second kappa shape index (κ2) is 9.02. The van der Waals surface area contributed by atoms with Crippen molar-refractivity contribution in [3.63, 3.8) is 0 Å². The first-order chi connectivity index (χ1) is 14.6. The third kappa shape index (κ3) is 4.64. The molecule has 2 aromatic heterocycles. The number of carbonyl (C=O) groups excluding carboxylic acids is 1. The van der Waals surface area contributed by atoms with E-state index in [1.165, 1.54) is 12.1 Å². The summed E-state index contributed by atoms with van der Waals surface area (Å²) in [7, 11) is 0. The summed E-state index contributed by atoms with van der Waals surface area (Å²) in [5.41, 5.74) is 1.42. The van der Waals surface area contributed by atoms with Crippen LogP contribution in [0.15, 0.2) is 47.1 Å². The minimum Gasteiger partial charge on any atom is -0.493 e. The van der Waals surface area contributed by atoms with Crippen molar-refractivity contribution in [3.8, 4) is 5.75 Å². The number of pyridine rings is 1. The lowest BCUT2D eigenvalue weighted by Gasteiger charge is -2.33. The normalized spacial score (nSPS) is 16.5. The van der Waals surface area contributed by atoms with Gasteiger partial charge in [-0.05, 0) is 62.6 Å². The zero-order chi connectivity index (χ0) is 20.9. The van der Waals surface area contributed by atoms with Gasteiger partial charge in [-0.1, -0.05) is 5.16 Å². The van der Waals surface area contributed by atoms with E-state index in [1.54, 1.807) is 29.3 Å². The van der Waals surface area contributed by atoms with Crippen LogP contribution in [0, 0.1) is 12.7 Å². The summed E-state index contributed by atoms with van der Waals surface area (Å²) in [6.45, 7) is 2.87. The minimum atomic E-state index is -0.307. The van der Waals surface area contributed by atoms with Gasteiger partial charge in [0, 0.05) is 24.9 Å². The van der Waals surface area contributed by atoms with Gasteiger partial charge in [0.05, 0.1) is 12.2 Å². The standard InChI is InChI=1S/C22H23FN4O3/c1-15-5-6-16(14-24-15)22(28)27-12-3-2-4-19(27)21-25-20(26-30-21)11-13-29-18-9-7-17(23)8-10-18/h5-10,14,19H,2-4,11-13H2,1H3. The summed E-state index contributed by atoms with van der Waals surface area (Å²) in [5, 5.41) is 4.04. The zero-order valence-electron chi connectivity index (χ0n) is 16.8. The van der Waals surface area contributed by atoms with Crippen LogP contribution in [0.5, 0.6) is 5.75 Å². The van der Waals surface area contributed by atoms with Crippen LogP contribution >= 0.6 is 0 Å². The maximum Gasteiger partial charge on any atom is 0.256 e. The molecule has 1 atom stereocenters. The first kappa shape index (κ1) is 20.0. The number of amides is 1. The van der Waals surface area contributed by atoms with Crippen molar-refractivity contribution in [3.05, 3.63) is 71.4 Å². The van der Waals surface area contributed by atoms with Crippen LogP contribution in [0.3, 0.4) is 0 Å². The summed E-state index contributed by atoms with van der Waals surface area (Å²) < 4.78 is 24.0. The summed E-state index contributed by atoms with van der Waals surface area (Å²) >= 11 is 0. The summed E-state index contributed by atoms with van der Waals surface area (Å²) in [6.07, 6.45) is 4.76. The highest BCUT2D eigenvalue weighted by Gasteiger charge is 2.32. The molecule has 0 radical (unpaired) electrons. The number of aryl methyl sites for hydroxylation is 1. The fourth-order valence-corrected chi connectivity index (χ4v) is 3.49. The number of piperidine rings is 1. The number of carbonyl (C=O) groups is 1. The second-order valence-electron chi connectivity index (χ2n) is 7.30. The first-order valence-electron chi connectivity index (χ1n) is 10.0. The Morgan fingerprint density at radius 1 is 1.23 bits per heavy atom. The number of halogens is 1. The fourth-order valence-electron chi connectivity index (χ4n) is 3.49. The molecule has 156 valence electrons. The maximum atomic E-state index is 13.0. The van der Waals surface area contributed by atoms with Crippen LogP contribution in [0.1, 0.15) is 53.1 Å². The maximum absolute atomic E-state index is 13.0. The first-order valence-corrected chi connectivity index (χ1v) is 10.0. The summed E-state index contributed by atoms with van der Waals surface area (Å²) in [5.74, 6) is 1.16. The van der Waals surface area contributed by atoms with Crippen molar-refractivity contribution in [1.82, 2.24) is 20.0 Å². The van der Waals surface area contributed by atoms with Crippen LogP contribution in [0.2, 0.25) is 0 Å². The SMILES string of the molecule is Cc1ccc(C(=O)N2CCCCC2c2nc(CCOc3ccc(F)cc3)no2)cn1. The molecule has 1 saturated heterocycles. The number of benzene rings is 1. The Balaban J connectivity index is 1.40. The van der Waals surface area contributed by atoms with E-state index in [0.29, 0.717) is 42.6 Å². The molecular formula is C22H23FN4O3. The number of aromatic nitrogens is 3. The predicted molar refractivity (Wildman–Crippen MR) is 106 cm³/mol. The molecule has 0 bridgehead atoms. The van der Waals surface area contributed by atoms with Gasteiger partial charge in [-0.25, -0.2) is 4.39 Å². The van der Waals surface area contributed by atoms with Gasteiger partial charge in [-0.2, -0.15) is 4.98 Å². The van der Waals surface area contributed by atoms with Crippen LogP contribution in [-0.4, -0.2) is 39.1 Å². The zero-order valence-corrected chi connectivity index (χ0v) is 16.8.